The van der Waals surface area contributed by atoms with Crippen LogP contribution in [0.3, 0.4) is 0 Å². The Morgan fingerprint density at radius 2 is 2.11 bits per heavy atom. The van der Waals surface area contributed by atoms with E-state index < -0.39 is 28.6 Å². The second-order valence-electron chi connectivity index (χ2n) is 4.16. The fourth-order valence-electron chi connectivity index (χ4n) is 1.92. The Balaban J connectivity index is 2.48. The van der Waals surface area contributed by atoms with Crippen LogP contribution in [0.1, 0.15) is 16.8 Å². The summed E-state index contributed by atoms with van der Waals surface area (Å²) < 4.78 is 0. The molecular weight excluding hydrogens is 256 g/mol. The fourth-order valence-corrected chi connectivity index (χ4v) is 1.92. The number of carbonyl (C=O) groups excluding carboxylic acids is 1. The molecule has 2 N–H and O–H groups in total. The van der Waals surface area contributed by atoms with Crippen molar-refractivity contribution >= 4 is 23.3 Å². The summed E-state index contributed by atoms with van der Waals surface area (Å²) in [4.78, 5) is 33.7. The second kappa shape index (κ2) is 4.65. The van der Waals surface area contributed by atoms with E-state index in [2.05, 4.69) is 0 Å². The monoisotopic (exact) mass is 266 g/mol. The molecule has 100 valence electrons. The van der Waals surface area contributed by atoms with Crippen LogP contribution in [0.4, 0.5) is 11.4 Å². The van der Waals surface area contributed by atoms with Gasteiger partial charge in [-0.1, -0.05) is 0 Å². The van der Waals surface area contributed by atoms with Crippen LogP contribution in [0.25, 0.3) is 0 Å². The van der Waals surface area contributed by atoms with Crippen LogP contribution in [0.2, 0.25) is 0 Å². The number of carbonyl (C=O) groups is 2. The number of nitrogens with zero attached hydrogens (tertiary/aromatic N) is 2. The van der Waals surface area contributed by atoms with Crippen molar-refractivity contribution in [2.45, 2.75) is 12.5 Å². The molecular formula is C11H10N2O6. The molecule has 8 nitrogen and oxygen atoms in total. The number of amides is 1. The minimum absolute atomic E-state index is 0.000933. The van der Waals surface area contributed by atoms with Gasteiger partial charge < -0.3 is 15.1 Å². The number of carboxylic acid groups (broad SMARTS) is 1. The van der Waals surface area contributed by atoms with E-state index in [1.54, 1.807) is 0 Å². The number of β-amino-alcohol motifs (C(OH)–C–C–N with tert-alkyl or cyclic N) is 1. The van der Waals surface area contributed by atoms with Crippen molar-refractivity contribution in [1.29, 1.82) is 0 Å². The summed E-state index contributed by atoms with van der Waals surface area (Å²) in [5, 5.41) is 29.0. The summed E-state index contributed by atoms with van der Waals surface area (Å²) in [5.41, 5.74) is -0.587. The van der Waals surface area contributed by atoms with Gasteiger partial charge in [0.25, 0.3) is 5.69 Å². The first-order chi connectivity index (χ1) is 8.88. The summed E-state index contributed by atoms with van der Waals surface area (Å²) in [6, 6.07) is 3.20. The number of nitro groups is 1. The van der Waals surface area contributed by atoms with Crippen LogP contribution in [0, 0.1) is 10.1 Å². The molecule has 2 rings (SSSR count). The molecule has 8 heteroatoms. The van der Waals surface area contributed by atoms with Gasteiger partial charge in [0.05, 0.1) is 35.2 Å². The maximum absolute atomic E-state index is 11.6. The van der Waals surface area contributed by atoms with Crippen molar-refractivity contribution in [3.63, 3.8) is 0 Å². The predicted octanol–water partition coefficient (Wildman–Crippen LogP) is 0.391. The van der Waals surface area contributed by atoms with Crippen molar-refractivity contribution in [2.24, 2.45) is 0 Å². The number of anilines is 1. The lowest BCUT2D eigenvalue weighted by atomic mass is 10.1. The smallest absolute Gasteiger partial charge is 0.336 e. The molecule has 1 aliphatic rings. The third-order valence-electron chi connectivity index (χ3n) is 2.78. The summed E-state index contributed by atoms with van der Waals surface area (Å²) in [7, 11) is 0. The number of nitro benzene ring substituents is 1. The van der Waals surface area contributed by atoms with Crippen molar-refractivity contribution in [1.82, 2.24) is 0 Å². The van der Waals surface area contributed by atoms with E-state index >= 15 is 0 Å². The average molecular weight is 266 g/mol. The molecule has 1 aromatic rings. The SMILES string of the molecule is O=C(O)c1cc(N2CC(O)CC2=O)cc([N+](=O)[O-])c1. The normalized spacial score (nSPS) is 18.7. The number of benzene rings is 1. The lowest BCUT2D eigenvalue weighted by Gasteiger charge is -2.16. The Hall–Kier alpha value is -2.48. The standard InChI is InChI=1S/C11H10N2O6/c14-9-4-10(15)12(5-9)7-1-6(11(16)17)2-8(3-7)13(18)19/h1-3,9,14H,4-5H2,(H,16,17). The van der Waals surface area contributed by atoms with Gasteiger partial charge in [-0.05, 0) is 6.07 Å². The highest BCUT2D eigenvalue weighted by atomic mass is 16.6. The number of hydrogen-bond acceptors (Lipinski definition) is 5. The number of aliphatic hydroxyl groups excluding tert-OH is 1. The summed E-state index contributed by atoms with van der Waals surface area (Å²) >= 11 is 0. The average Bonchev–Trinajstić information content (AvgIpc) is 2.67. The van der Waals surface area contributed by atoms with Crippen molar-refractivity contribution in [3.05, 3.63) is 33.9 Å². The van der Waals surface area contributed by atoms with E-state index in [4.69, 9.17) is 5.11 Å². The number of aromatic carboxylic acids is 1. The van der Waals surface area contributed by atoms with Gasteiger partial charge in [0.2, 0.25) is 5.91 Å². The minimum atomic E-state index is -1.32. The van der Waals surface area contributed by atoms with Crippen LogP contribution in [-0.2, 0) is 4.79 Å². The maximum Gasteiger partial charge on any atom is 0.336 e. The fraction of sp³-hybridized carbons (Fsp3) is 0.273. The first kappa shape index (κ1) is 13.0. The van der Waals surface area contributed by atoms with Crippen molar-refractivity contribution in [3.8, 4) is 0 Å². The summed E-state index contributed by atoms with van der Waals surface area (Å²) in [5.74, 6) is -1.72. The van der Waals surface area contributed by atoms with Gasteiger partial charge in [0.15, 0.2) is 0 Å². The Morgan fingerprint density at radius 1 is 1.42 bits per heavy atom. The molecule has 0 saturated carbocycles. The molecule has 0 bridgehead atoms. The van der Waals surface area contributed by atoms with Crippen LogP contribution in [0.15, 0.2) is 18.2 Å². The van der Waals surface area contributed by atoms with E-state index in [0.717, 1.165) is 17.0 Å². The molecule has 0 spiro atoms. The molecule has 0 radical (unpaired) electrons. The molecule has 1 aliphatic heterocycles. The van der Waals surface area contributed by atoms with Crippen molar-refractivity contribution in [2.75, 3.05) is 11.4 Å². The molecule has 0 aromatic heterocycles. The maximum atomic E-state index is 11.6. The third-order valence-corrected chi connectivity index (χ3v) is 2.78. The zero-order chi connectivity index (χ0) is 14.2. The summed E-state index contributed by atoms with van der Waals surface area (Å²) in [6.45, 7) is -0.000933. The van der Waals surface area contributed by atoms with E-state index in [-0.39, 0.29) is 24.2 Å². The van der Waals surface area contributed by atoms with E-state index in [9.17, 15) is 24.8 Å². The Bertz CT molecular complexity index is 538. The molecule has 1 aromatic carbocycles. The van der Waals surface area contributed by atoms with Gasteiger partial charge >= 0.3 is 5.97 Å². The van der Waals surface area contributed by atoms with Crippen LogP contribution in [0.5, 0.6) is 0 Å². The van der Waals surface area contributed by atoms with Crippen LogP contribution in [-0.4, -0.2) is 39.7 Å². The number of non-ortho nitro benzene ring substituents is 1. The zero-order valence-corrected chi connectivity index (χ0v) is 9.65. The molecule has 1 heterocycles. The van der Waals surface area contributed by atoms with Gasteiger partial charge in [-0.25, -0.2) is 4.79 Å². The quantitative estimate of drug-likeness (QED) is 0.603. The molecule has 19 heavy (non-hydrogen) atoms. The van der Waals surface area contributed by atoms with E-state index in [1.807, 2.05) is 0 Å². The Kier molecular flexibility index (Phi) is 3.17. The van der Waals surface area contributed by atoms with Gasteiger partial charge in [-0.2, -0.15) is 0 Å². The third kappa shape index (κ3) is 2.52. The lowest BCUT2D eigenvalue weighted by Crippen LogP contribution is -2.25. The predicted molar refractivity (Wildman–Crippen MR) is 63.0 cm³/mol. The lowest BCUT2D eigenvalue weighted by molar-refractivity contribution is -0.384. The van der Waals surface area contributed by atoms with Gasteiger partial charge in [-0.15, -0.1) is 0 Å². The highest BCUT2D eigenvalue weighted by Gasteiger charge is 2.30. The largest absolute Gasteiger partial charge is 0.478 e. The van der Waals surface area contributed by atoms with E-state index in [0.29, 0.717) is 0 Å². The Labute approximate surface area is 107 Å². The van der Waals surface area contributed by atoms with E-state index in [1.165, 1.54) is 6.07 Å². The molecule has 1 saturated heterocycles. The highest BCUT2D eigenvalue weighted by Crippen LogP contribution is 2.27. The zero-order valence-electron chi connectivity index (χ0n) is 9.65. The topological polar surface area (TPSA) is 121 Å². The first-order valence-corrected chi connectivity index (χ1v) is 5.39. The van der Waals surface area contributed by atoms with Crippen molar-refractivity contribution < 1.29 is 24.7 Å². The number of hydrogen-bond donors (Lipinski definition) is 2. The number of rotatable bonds is 3. The van der Waals surface area contributed by atoms with Gasteiger partial charge in [0, 0.05) is 12.1 Å². The second-order valence-corrected chi connectivity index (χ2v) is 4.16. The van der Waals surface area contributed by atoms with Crippen LogP contribution >= 0.6 is 0 Å². The molecule has 1 amide bonds. The highest BCUT2D eigenvalue weighted by molar-refractivity contribution is 5.98. The molecule has 1 unspecified atom stereocenters. The molecule has 1 atom stereocenters. The molecule has 0 aliphatic carbocycles. The van der Waals surface area contributed by atoms with Gasteiger partial charge in [-0.3, -0.25) is 14.9 Å². The van der Waals surface area contributed by atoms with Crippen LogP contribution < -0.4 is 4.90 Å². The summed E-state index contributed by atoms with van der Waals surface area (Å²) in [6.07, 6.45) is -0.925. The minimum Gasteiger partial charge on any atom is -0.478 e. The Morgan fingerprint density at radius 3 is 2.58 bits per heavy atom. The first-order valence-electron chi connectivity index (χ1n) is 5.39. The number of aliphatic hydroxyl groups is 1. The number of carboxylic acids is 1. The van der Waals surface area contributed by atoms with Gasteiger partial charge in [0.1, 0.15) is 0 Å². The molecule has 1 fully saturated rings.